The van der Waals surface area contributed by atoms with Crippen LogP contribution in [0.15, 0.2) is 30.3 Å². The van der Waals surface area contributed by atoms with E-state index in [1.165, 1.54) is 5.56 Å². The van der Waals surface area contributed by atoms with Crippen molar-refractivity contribution in [3.8, 4) is 0 Å². The summed E-state index contributed by atoms with van der Waals surface area (Å²) in [5.41, 5.74) is 1.39. The molecule has 0 aromatic heterocycles. The van der Waals surface area contributed by atoms with Gasteiger partial charge in [-0.05, 0) is 25.7 Å². The van der Waals surface area contributed by atoms with Crippen LogP contribution in [0.2, 0.25) is 0 Å². The highest BCUT2D eigenvalue weighted by Gasteiger charge is 2.03. The summed E-state index contributed by atoms with van der Waals surface area (Å²) in [4.78, 5) is 4.84. The van der Waals surface area contributed by atoms with Gasteiger partial charge in [0.25, 0.3) is 0 Å². The summed E-state index contributed by atoms with van der Waals surface area (Å²) in [6, 6.07) is 10.7. The van der Waals surface area contributed by atoms with Gasteiger partial charge in [0.05, 0.1) is 0 Å². The number of likely N-dealkylation sites (N-methyl/N-ethyl adjacent to an activating group) is 2. The van der Waals surface area contributed by atoms with Crippen LogP contribution in [-0.4, -0.2) is 43.0 Å². The normalized spacial score (nSPS) is 11.3. The standard InChI is InChI=1S/C14H24N2/c1-4-16(5-2)12-11-15(3)13-14-9-7-6-8-10-14/h6-10H,4-5,11-13H2,1-3H3. The minimum Gasteiger partial charge on any atom is -0.303 e. The van der Waals surface area contributed by atoms with Gasteiger partial charge in [0.15, 0.2) is 0 Å². The van der Waals surface area contributed by atoms with Crippen molar-refractivity contribution >= 4 is 0 Å². The third-order valence-corrected chi connectivity index (χ3v) is 2.99. The summed E-state index contributed by atoms with van der Waals surface area (Å²) in [5.74, 6) is 0. The van der Waals surface area contributed by atoms with Crippen molar-refractivity contribution < 1.29 is 0 Å². The zero-order chi connectivity index (χ0) is 11.8. The van der Waals surface area contributed by atoms with E-state index >= 15 is 0 Å². The number of nitrogens with zero attached hydrogens (tertiary/aromatic N) is 2. The Morgan fingerprint density at radius 1 is 0.938 bits per heavy atom. The van der Waals surface area contributed by atoms with Crippen molar-refractivity contribution in [2.45, 2.75) is 20.4 Å². The lowest BCUT2D eigenvalue weighted by Gasteiger charge is -2.23. The lowest BCUT2D eigenvalue weighted by atomic mass is 10.2. The predicted molar refractivity (Wildman–Crippen MR) is 70.6 cm³/mol. The van der Waals surface area contributed by atoms with Crippen LogP contribution in [0.3, 0.4) is 0 Å². The third-order valence-electron chi connectivity index (χ3n) is 2.99. The summed E-state index contributed by atoms with van der Waals surface area (Å²) in [6.07, 6.45) is 0. The van der Waals surface area contributed by atoms with Gasteiger partial charge in [-0.3, -0.25) is 0 Å². The zero-order valence-electron chi connectivity index (χ0n) is 10.8. The number of benzene rings is 1. The molecule has 0 aliphatic carbocycles. The Morgan fingerprint density at radius 3 is 2.12 bits per heavy atom. The molecule has 0 radical (unpaired) electrons. The number of rotatable bonds is 7. The van der Waals surface area contributed by atoms with E-state index in [-0.39, 0.29) is 0 Å². The molecule has 90 valence electrons. The Morgan fingerprint density at radius 2 is 1.56 bits per heavy atom. The average molecular weight is 220 g/mol. The zero-order valence-corrected chi connectivity index (χ0v) is 10.8. The maximum Gasteiger partial charge on any atom is 0.0231 e. The van der Waals surface area contributed by atoms with Crippen LogP contribution < -0.4 is 0 Å². The van der Waals surface area contributed by atoms with Crippen molar-refractivity contribution in [3.63, 3.8) is 0 Å². The minimum atomic E-state index is 1.04. The second kappa shape index (κ2) is 7.42. The summed E-state index contributed by atoms with van der Waals surface area (Å²) < 4.78 is 0. The molecule has 0 atom stereocenters. The highest BCUT2D eigenvalue weighted by atomic mass is 15.2. The molecular weight excluding hydrogens is 196 g/mol. The maximum atomic E-state index is 2.46. The molecule has 0 saturated carbocycles. The molecule has 0 aliphatic heterocycles. The third kappa shape index (κ3) is 4.77. The van der Waals surface area contributed by atoms with Gasteiger partial charge in [-0.15, -0.1) is 0 Å². The van der Waals surface area contributed by atoms with E-state index in [4.69, 9.17) is 0 Å². The molecule has 0 aliphatic rings. The number of hydrogen-bond donors (Lipinski definition) is 0. The van der Waals surface area contributed by atoms with Crippen LogP contribution in [0.5, 0.6) is 0 Å². The Labute approximate surface area is 99.9 Å². The molecule has 1 aromatic carbocycles. The molecule has 2 nitrogen and oxygen atoms in total. The van der Waals surface area contributed by atoms with Crippen LogP contribution >= 0.6 is 0 Å². The summed E-state index contributed by atoms with van der Waals surface area (Å²) in [6.45, 7) is 10.1. The predicted octanol–water partition coefficient (Wildman–Crippen LogP) is 2.46. The molecule has 0 unspecified atom stereocenters. The molecule has 0 spiro atoms. The lowest BCUT2D eigenvalue weighted by Crippen LogP contribution is -2.32. The van der Waals surface area contributed by atoms with Crippen LogP contribution in [0, 0.1) is 0 Å². The average Bonchev–Trinajstić information content (AvgIpc) is 2.31. The van der Waals surface area contributed by atoms with Gasteiger partial charge in [0.2, 0.25) is 0 Å². The Kier molecular flexibility index (Phi) is 6.12. The molecular formula is C14H24N2. The van der Waals surface area contributed by atoms with Gasteiger partial charge in [0, 0.05) is 19.6 Å². The van der Waals surface area contributed by atoms with Crippen molar-refractivity contribution in [3.05, 3.63) is 35.9 Å². The molecule has 0 heterocycles. The molecule has 2 heteroatoms. The number of hydrogen-bond acceptors (Lipinski definition) is 2. The summed E-state index contributed by atoms with van der Waals surface area (Å²) >= 11 is 0. The van der Waals surface area contributed by atoms with Gasteiger partial charge in [0.1, 0.15) is 0 Å². The van der Waals surface area contributed by atoms with Crippen LogP contribution in [0.4, 0.5) is 0 Å². The second-order valence-electron chi connectivity index (χ2n) is 4.25. The molecule has 16 heavy (non-hydrogen) atoms. The first-order chi connectivity index (χ1) is 7.76. The van der Waals surface area contributed by atoms with E-state index in [2.05, 4.69) is 61.0 Å². The van der Waals surface area contributed by atoms with Crippen LogP contribution in [0.25, 0.3) is 0 Å². The molecule has 0 saturated heterocycles. The molecule has 0 fully saturated rings. The fourth-order valence-electron chi connectivity index (χ4n) is 1.83. The van der Waals surface area contributed by atoms with Crippen molar-refractivity contribution in [1.82, 2.24) is 9.80 Å². The highest BCUT2D eigenvalue weighted by molar-refractivity contribution is 5.14. The van der Waals surface area contributed by atoms with E-state index in [1.54, 1.807) is 0 Å². The van der Waals surface area contributed by atoms with Crippen molar-refractivity contribution in [1.29, 1.82) is 0 Å². The first kappa shape index (κ1) is 13.2. The van der Waals surface area contributed by atoms with Crippen molar-refractivity contribution in [2.75, 3.05) is 33.2 Å². The monoisotopic (exact) mass is 220 g/mol. The second-order valence-corrected chi connectivity index (χ2v) is 4.25. The summed E-state index contributed by atoms with van der Waals surface area (Å²) in [7, 11) is 2.19. The molecule has 0 amide bonds. The van der Waals surface area contributed by atoms with Gasteiger partial charge in [-0.25, -0.2) is 0 Å². The van der Waals surface area contributed by atoms with E-state index in [1.807, 2.05) is 0 Å². The Hall–Kier alpha value is -0.860. The highest BCUT2D eigenvalue weighted by Crippen LogP contribution is 2.02. The van der Waals surface area contributed by atoms with Crippen LogP contribution in [-0.2, 0) is 6.54 Å². The fourth-order valence-corrected chi connectivity index (χ4v) is 1.83. The fraction of sp³-hybridized carbons (Fsp3) is 0.571. The van der Waals surface area contributed by atoms with E-state index in [9.17, 15) is 0 Å². The minimum absolute atomic E-state index is 1.04. The SMILES string of the molecule is CCN(CC)CCN(C)Cc1ccccc1. The first-order valence-corrected chi connectivity index (χ1v) is 6.21. The topological polar surface area (TPSA) is 6.48 Å². The van der Waals surface area contributed by atoms with Crippen molar-refractivity contribution in [2.24, 2.45) is 0 Å². The van der Waals surface area contributed by atoms with Gasteiger partial charge >= 0.3 is 0 Å². The van der Waals surface area contributed by atoms with Gasteiger partial charge in [-0.1, -0.05) is 44.2 Å². The molecule has 0 bridgehead atoms. The maximum absolute atomic E-state index is 2.46. The largest absolute Gasteiger partial charge is 0.303 e. The summed E-state index contributed by atoms with van der Waals surface area (Å²) in [5, 5.41) is 0. The molecule has 0 N–H and O–H groups in total. The van der Waals surface area contributed by atoms with E-state index in [0.717, 1.165) is 32.7 Å². The first-order valence-electron chi connectivity index (χ1n) is 6.21. The van der Waals surface area contributed by atoms with E-state index < -0.39 is 0 Å². The van der Waals surface area contributed by atoms with E-state index in [0.29, 0.717) is 0 Å². The smallest absolute Gasteiger partial charge is 0.0231 e. The van der Waals surface area contributed by atoms with Gasteiger partial charge in [-0.2, -0.15) is 0 Å². The Balaban J connectivity index is 2.28. The Bertz CT molecular complexity index is 267. The van der Waals surface area contributed by atoms with Gasteiger partial charge < -0.3 is 9.80 Å². The molecule has 1 rings (SSSR count). The van der Waals surface area contributed by atoms with Crippen LogP contribution in [0.1, 0.15) is 19.4 Å². The molecule has 1 aromatic rings. The quantitative estimate of drug-likeness (QED) is 0.696. The lowest BCUT2D eigenvalue weighted by molar-refractivity contribution is 0.236.